The van der Waals surface area contributed by atoms with Gasteiger partial charge in [-0.2, -0.15) is 0 Å². The van der Waals surface area contributed by atoms with Gasteiger partial charge in [-0.05, 0) is 36.4 Å². The van der Waals surface area contributed by atoms with Crippen LogP contribution in [0.15, 0.2) is 59.5 Å². The minimum atomic E-state index is -0.286. The van der Waals surface area contributed by atoms with Crippen molar-refractivity contribution in [3.63, 3.8) is 0 Å². The third-order valence-corrected chi connectivity index (χ3v) is 5.34. The highest BCUT2D eigenvalue weighted by Gasteiger charge is 2.22. The van der Waals surface area contributed by atoms with Gasteiger partial charge in [0.25, 0.3) is 5.91 Å². The second-order valence-electron chi connectivity index (χ2n) is 6.71. The summed E-state index contributed by atoms with van der Waals surface area (Å²) < 4.78 is 0.903. The summed E-state index contributed by atoms with van der Waals surface area (Å²) in [6.45, 7) is 3.12. The maximum atomic E-state index is 12.3. The molecule has 0 atom stereocenters. The van der Waals surface area contributed by atoms with Gasteiger partial charge in [0.15, 0.2) is 11.6 Å². The van der Waals surface area contributed by atoms with E-state index in [1.807, 2.05) is 18.2 Å². The minimum absolute atomic E-state index is 0.286. The van der Waals surface area contributed by atoms with Crippen LogP contribution >= 0.6 is 15.9 Å². The average Bonchev–Trinajstić information content (AvgIpc) is 2.79. The molecular formula is C20H21BrN8O. The highest BCUT2D eigenvalue weighted by atomic mass is 79.9. The number of piperazine rings is 1. The molecule has 154 valence electrons. The molecule has 10 heteroatoms. The molecule has 1 amide bonds. The first-order chi connectivity index (χ1) is 14.6. The van der Waals surface area contributed by atoms with E-state index in [4.69, 9.17) is 5.73 Å². The fourth-order valence-corrected chi connectivity index (χ4v) is 3.48. The highest BCUT2D eigenvalue weighted by Crippen LogP contribution is 2.27. The van der Waals surface area contributed by atoms with Crippen molar-refractivity contribution >= 4 is 45.0 Å². The summed E-state index contributed by atoms with van der Waals surface area (Å²) in [6, 6.07) is 12.9. The largest absolute Gasteiger partial charge is 0.393 e. The summed E-state index contributed by atoms with van der Waals surface area (Å²) in [6.07, 6.45) is 3.23. The first-order valence-corrected chi connectivity index (χ1v) is 10.2. The zero-order valence-electron chi connectivity index (χ0n) is 16.1. The van der Waals surface area contributed by atoms with Crippen LogP contribution in [0.2, 0.25) is 0 Å². The molecule has 4 N–H and O–H groups in total. The molecule has 0 spiro atoms. The number of nitrogen functional groups attached to an aromatic ring is 1. The first-order valence-electron chi connectivity index (χ1n) is 9.45. The quantitative estimate of drug-likeness (QED) is 0.488. The Labute approximate surface area is 182 Å². The Hall–Kier alpha value is -3.40. The molecule has 0 saturated carbocycles. The third kappa shape index (κ3) is 4.43. The molecule has 1 aliphatic rings. The number of pyridine rings is 1. The predicted molar refractivity (Wildman–Crippen MR) is 120 cm³/mol. The van der Waals surface area contributed by atoms with Crippen molar-refractivity contribution in [3.8, 4) is 0 Å². The predicted octanol–water partition coefficient (Wildman–Crippen LogP) is 2.30. The molecular weight excluding hydrogens is 448 g/mol. The van der Waals surface area contributed by atoms with Crippen molar-refractivity contribution in [1.82, 2.24) is 20.4 Å². The summed E-state index contributed by atoms with van der Waals surface area (Å²) in [4.78, 5) is 29.6. The Morgan fingerprint density at radius 3 is 2.40 bits per heavy atom. The van der Waals surface area contributed by atoms with Gasteiger partial charge < -0.3 is 15.5 Å². The molecule has 0 aliphatic carbocycles. The van der Waals surface area contributed by atoms with Gasteiger partial charge in [-0.25, -0.2) is 15.0 Å². The molecule has 4 rings (SSSR count). The van der Waals surface area contributed by atoms with Crippen LogP contribution in [-0.4, -0.2) is 47.0 Å². The molecule has 0 radical (unpaired) electrons. The number of amides is 1. The number of hydrogen-bond acceptors (Lipinski definition) is 8. The van der Waals surface area contributed by atoms with E-state index in [1.165, 1.54) is 6.33 Å². The van der Waals surface area contributed by atoms with Crippen LogP contribution in [0.1, 0.15) is 10.4 Å². The molecule has 2 aromatic heterocycles. The number of aromatic nitrogens is 3. The van der Waals surface area contributed by atoms with Crippen molar-refractivity contribution in [2.24, 2.45) is 0 Å². The topological polar surface area (TPSA) is 112 Å². The normalized spacial score (nSPS) is 13.8. The number of rotatable bonds is 5. The lowest BCUT2D eigenvalue weighted by Gasteiger charge is -2.36. The zero-order chi connectivity index (χ0) is 20.9. The molecule has 3 aromatic rings. The molecule has 1 aromatic carbocycles. The van der Waals surface area contributed by atoms with Crippen molar-refractivity contribution in [2.75, 3.05) is 47.1 Å². The van der Waals surface area contributed by atoms with Crippen LogP contribution in [0.4, 0.5) is 23.1 Å². The van der Waals surface area contributed by atoms with Crippen molar-refractivity contribution in [1.29, 1.82) is 0 Å². The number of hydrazine groups is 1. The second-order valence-corrected chi connectivity index (χ2v) is 7.62. The monoisotopic (exact) mass is 468 g/mol. The summed E-state index contributed by atoms with van der Waals surface area (Å²) in [7, 11) is 0. The number of anilines is 4. The van der Waals surface area contributed by atoms with Gasteiger partial charge >= 0.3 is 0 Å². The van der Waals surface area contributed by atoms with Gasteiger partial charge in [0.1, 0.15) is 17.8 Å². The molecule has 1 fully saturated rings. The molecule has 0 unspecified atom stereocenters. The smallest absolute Gasteiger partial charge is 0.269 e. The van der Waals surface area contributed by atoms with Crippen molar-refractivity contribution in [2.45, 2.75) is 0 Å². The molecule has 9 nitrogen and oxygen atoms in total. The fourth-order valence-electron chi connectivity index (χ4n) is 3.22. The summed E-state index contributed by atoms with van der Waals surface area (Å²) >= 11 is 3.35. The van der Waals surface area contributed by atoms with E-state index in [2.05, 4.69) is 51.5 Å². The number of nitrogens with zero attached hydrogens (tertiary/aromatic N) is 5. The number of hydrogen-bond donors (Lipinski definition) is 3. The highest BCUT2D eigenvalue weighted by molar-refractivity contribution is 9.10. The van der Waals surface area contributed by atoms with Gasteiger partial charge in [0.2, 0.25) is 0 Å². The lowest BCUT2D eigenvalue weighted by Crippen LogP contribution is -2.47. The van der Waals surface area contributed by atoms with Crippen LogP contribution in [0.5, 0.6) is 0 Å². The Bertz CT molecular complexity index is 1010. The van der Waals surface area contributed by atoms with Gasteiger partial charge in [0.05, 0.1) is 0 Å². The first kappa shape index (κ1) is 19.9. The minimum Gasteiger partial charge on any atom is -0.393 e. The van der Waals surface area contributed by atoms with Gasteiger partial charge in [0, 0.05) is 42.4 Å². The van der Waals surface area contributed by atoms with Gasteiger partial charge in [-0.3, -0.25) is 15.6 Å². The second kappa shape index (κ2) is 8.95. The lowest BCUT2D eigenvalue weighted by molar-refractivity contribution is 0.0962. The Morgan fingerprint density at radius 1 is 0.967 bits per heavy atom. The van der Waals surface area contributed by atoms with Crippen LogP contribution in [-0.2, 0) is 0 Å². The summed E-state index contributed by atoms with van der Waals surface area (Å²) in [5.74, 6) is 1.68. The number of nitrogens with one attached hydrogen (secondary N) is 2. The van der Waals surface area contributed by atoms with E-state index in [-0.39, 0.29) is 5.91 Å². The Kier molecular flexibility index (Phi) is 5.94. The Balaban J connectivity index is 1.39. The molecule has 1 saturated heterocycles. The molecule has 3 heterocycles. The van der Waals surface area contributed by atoms with Gasteiger partial charge in [-0.1, -0.05) is 22.0 Å². The van der Waals surface area contributed by atoms with Crippen molar-refractivity contribution < 1.29 is 4.79 Å². The van der Waals surface area contributed by atoms with E-state index in [9.17, 15) is 4.79 Å². The number of carbonyl (C=O) groups is 1. The van der Waals surface area contributed by atoms with Crippen LogP contribution < -0.4 is 26.4 Å². The van der Waals surface area contributed by atoms with E-state index < -0.39 is 0 Å². The number of halogens is 1. The SMILES string of the molecule is Nc1c(NNC(=O)c2ccc(Br)cc2)ncnc1N1CCN(c2ccccn2)CC1. The molecule has 0 bridgehead atoms. The number of benzene rings is 1. The average molecular weight is 469 g/mol. The maximum absolute atomic E-state index is 12.3. The van der Waals surface area contributed by atoms with E-state index in [0.717, 1.165) is 36.5 Å². The molecule has 30 heavy (non-hydrogen) atoms. The standard InChI is InChI=1S/C20H21BrN8O/c21-15-6-4-14(5-7-15)20(30)27-26-18-17(22)19(25-13-24-18)29-11-9-28(10-12-29)16-3-1-2-8-23-16/h1-8,13H,9-12,22H2,(H,27,30)(H,24,25,26). The number of carbonyl (C=O) groups excluding carboxylic acids is 1. The lowest BCUT2D eigenvalue weighted by atomic mass is 10.2. The zero-order valence-corrected chi connectivity index (χ0v) is 17.7. The summed E-state index contributed by atoms with van der Waals surface area (Å²) in [5, 5.41) is 0. The van der Waals surface area contributed by atoms with E-state index >= 15 is 0 Å². The van der Waals surface area contributed by atoms with E-state index in [0.29, 0.717) is 22.9 Å². The van der Waals surface area contributed by atoms with Gasteiger partial charge in [-0.15, -0.1) is 0 Å². The number of nitrogens with two attached hydrogens (primary N) is 1. The van der Waals surface area contributed by atoms with Crippen LogP contribution in [0.3, 0.4) is 0 Å². The molecule has 1 aliphatic heterocycles. The van der Waals surface area contributed by atoms with Crippen molar-refractivity contribution in [3.05, 3.63) is 65.0 Å². The van der Waals surface area contributed by atoms with Crippen LogP contribution in [0.25, 0.3) is 0 Å². The Morgan fingerprint density at radius 2 is 1.70 bits per heavy atom. The van der Waals surface area contributed by atoms with E-state index in [1.54, 1.807) is 30.5 Å². The van der Waals surface area contributed by atoms with Crippen LogP contribution in [0, 0.1) is 0 Å². The summed E-state index contributed by atoms with van der Waals surface area (Å²) in [5.41, 5.74) is 12.6. The fraction of sp³-hybridized carbons (Fsp3) is 0.200. The maximum Gasteiger partial charge on any atom is 0.269 e. The third-order valence-electron chi connectivity index (χ3n) is 4.82.